The molecule has 2 unspecified atom stereocenters. The molecule has 0 spiro atoms. The van der Waals surface area contributed by atoms with Gasteiger partial charge in [-0.15, -0.1) is 0 Å². The topological polar surface area (TPSA) is 46.2 Å². The van der Waals surface area contributed by atoms with Gasteiger partial charge in [-0.25, -0.2) is 0 Å². The van der Waals surface area contributed by atoms with E-state index in [1.54, 1.807) is 0 Å². The van der Waals surface area contributed by atoms with E-state index in [0.29, 0.717) is 5.92 Å². The van der Waals surface area contributed by atoms with E-state index < -0.39 is 6.23 Å². The lowest BCUT2D eigenvalue weighted by Gasteiger charge is -2.14. The number of aliphatic hydroxyl groups excluding tert-OH is 1. The maximum absolute atomic E-state index is 8.86. The average molecular weight is 145 g/mol. The SMILES string of the molecule is CCCC(CC)CC(N)O. The molecule has 0 radical (unpaired) electrons. The second-order valence-electron chi connectivity index (χ2n) is 2.87. The van der Waals surface area contributed by atoms with E-state index in [1.165, 1.54) is 12.8 Å². The first-order chi connectivity index (χ1) is 4.70. The van der Waals surface area contributed by atoms with Crippen molar-refractivity contribution in [2.45, 2.75) is 45.8 Å². The van der Waals surface area contributed by atoms with E-state index in [0.717, 1.165) is 12.8 Å². The third kappa shape index (κ3) is 4.77. The molecule has 2 heteroatoms. The molecule has 0 bridgehead atoms. The minimum atomic E-state index is -0.614. The molecule has 2 nitrogen and oxygen atoms in total. The van der Waals surface area contributed by atoms with Crippen molar-refractivity contribution < 1.29 is 5.11 Å². The Kier molecular flexibility index (Phi) is 5.64. The van der Waals surface area contributed by atoms with Crippen molar-refractivity contribution >= 4 is 0 Å². The van der Waals surface area contributed by atoms with Crippen LogP contribution < -0.4 is 5.73 Å². The van der Waals surface area contributed by atoms with Gasteiger partial charge >= 0.3 is 0 Å². The summed E-state index contributed by atoms with van der Waals surface area (Å²) < 4.78 is 0. The first-order valence-electron chi connectivity index (χ1n) is 4.14. The lowest BCUT2D eigenvalue weighted by Crippen LogP contribution is -2.22. The monoisotopic (exact) mass is 145 g/mol. The molecule has 0 saturated heterocycles. The Hall–Kier alpha value is -0.0800. The molecule has 0 heterocycles. The lowest BCUT2D eigenvalue weighted by molar-refractivity contribution is 0.144. The summed E-state index contributed by atoms with van der Waals surface area (Å²) in [5, 5.41) is 8.86. The first kappa shape index (κ1) is 9.92. The van der Waals surface area contributed by atoms with Crippen LogP contribution in [0.25, 0.3) is 0 Å². The van der Waals surface area contributed by atoms with Crippen molar-refractivity contribution in [3.05, 3.63) is 0 Å². The van der Waals surface area contributed by atoms with Crippen molar-refractivity contribution in [1.29, 1.82) is 0 Å². The van der Waals surface area contributed by atoms with Gasteiger partial charge in [0, 0.05) is 0 Å². The number of rotatable bonds is 5. The third-order valence-corrected chi connectivity index (χ3v) is 1.85. The van der Waals surface area contributed by atoms with Gasteiger partial charge in [-0.3, -0.25) is 0 Å². The highest BCUT2D eigenvalue weighted by molar-refractivity contribution is 4.58. The average Bonchev–Trinajstić information content (AvgIpc) is 1.86. The largest absolute Gasteiger partial charge is 0.379 e. The first-order valence-corrected chi connectivity index (χ1v) is 4.14. The third-order valence-electron chi connectivity index (χ3n) is 1.85. The highest BCUT2D eigenvalue weighted by Gasteiger charge is 2.07. The molecule has 0 amide bonds. The maximum Gasteiger partial charge on any atom is 0.102 e. The lowest BCUT2D eigenvalue weighted by atomic mass is 9.96. The van der Waals surface area contributed by atoms with E-state index in [4.69, 9.17) is 10.8 Å². The standard InChI is InChI=1S/C8H19NO/c1-3-5-7(4-2)6-8(9)10/h7-8,10H,3-6,9H2,1-2H3. The quantitative estimate of drug-likeness (QED) is 0.576. The summed E-state index contributed by atoms with van der Waals surface area (Å²) in [5.74, 6) is 0.616. The summed E-state index contributed by atoms with van der Waals surface area (Å²) in [6, 6.07) is 0. The van der Waals surface area contributed by atoms with E-state index in [1.807, 2.05) is 0 Å². The van der Waals surface area contributed by atoms with Gasteiger partial charge in [0.2, 0.25) is 0 Å². The molecule has 3 N–H and O–H groups in total. The molecule has 10 heavy (non-hydrogen) atoms. The molecule has 0 fully saturated rings. The van der Waals surface area contributed by atoms with Gasteiger partial charge in [-0.05, 0) is 12.3 Å². The summed E-state index contributed by atoms with van der Waals surface area (Å²) in [5.41, 5.74) is 5.25. The number of nitrogens with two attached hydrogens (primary N) is 1. The Morgan fingerprint density at radius 2 is 2.00 bits per heavy atom. The molecule has 62 valence electrons. The highest BCUT2D eigenvalue weighted by Crippen LogP contribution is 2.15. The molecule has 0 aromatic carbocycles. The summed E-state index contributed by atoms with van der Waals surface area (Å²) in [7, 11) is 0. The molecule has 0 aliphatic carbocycles. The van der Waals surface area contributed by atoms with Crippen LogP contribution in [0.15, 0.2) is 0 Å². The van der Waals surface area contributed by atoms with Crippen LogP contribution >= 0.6 is 0 Å². The van der Waals surface area contributed by atoms with E-state index >= 15 is 0 Å². The van der Waals surface area contributed by atoms with Gasteiger partial charge in [0.1, 0.15) is 6.23 Å². The van der Waals surface area contributed by atoms with Crippen molar-refractivity contribution in [3.8, 4) is 0 Å². The molecule has 0 aromatic heterocycles. The fourth-order valence-electron chi connectivity index (χ4n) is 1.24. The molecule has 0 aliphatic rings. The zero-order chi connectivity index (χ0) is 7.98. The van der Waals surface area contributed by atoms with Crippen LogP contribution in [-0.4, -0.2) is 11.3 Å². The van der Waals surface area contributed by atoms with Gasteiger partial charge in [0.05, 0.1) is 0 Å². The van der Waals surface area contributed by atoms with Gasteiger partial charge in [0.25, 0.3) is 0 Å². The number of hydrogen-bond donors (Lipinski definition) is 2. The van der Waals surface area contributed by atoms with Crippen LogP contribution in [0.1, 0.15) is 39.5 Å². The summed E-state index contributed by atoms with van der Waals surface area (Å²) in [6.07, 6.45) is 3.64. The van der Waals surface area contributed by atoms with Crippen LogP contribution in [0.4, 0.5) is 0 Å². The highest BCUT2D eigenvalue weighted by atomic mass is 16.3. The second kappa shape index (κ2) is 5.69. The fourth-order valence-corrected chi connectivity index (χ4v) is 1.24. The van der Waals surface area contributed by atoms with Gasteiger partial charge in [-0.2, -0.15) is 0 Å². The summed E-state index contributed by atoms with van der Waals surface area (Å²) in [4.78, 5) is 0. The fraction of sp³-hybridized carbons (Fsp3) is 1.00. The zero-order valence-corrected chi connectivity index (χ0v) is 7.01. The summed E-state index contributed by atoms with van der Waals surface area (Å²) in [6.45, 7) is 4.30. The van der Waals surface area contributed by atoms with Crippen molar-refractivity contribution in [1.82, 2.24) is 0 Å². The van der Waals surface area contributed by atoms with E-state index in [9.17, 15) is 0 Å². The number of hydrogen-bond acceptors (Lipinski definition) is 2. The van der Waals surface area contributed by atoms with Gasteiger partial charge in [0.15, 0.2) is 0 Å². The van der Waals surface area contributed by atoms with Crippen LogP contribution in [0.3, 0.4) is 0 Å². The maximum atomic E-state index is 8.86. The Morgan fingerprint density at radius 1 is 1.40 bits per heavy atom. The molecule has 2 atom stereocenters. The molecule has 0 aromatic rings. The molecule has 0 aliphatic heterocycles. The van der Waals surface area contributed by atoms with Crippen LogP contribution in [0.5, 0.6) is 0 Å². The summed E-state index contributed by atoms with van der Waals surface area (Å²) >= 11 is 0. The normalized spacial score (nSPS) is 16.8. The minimum Gasteiger partial charge on any atom is -0.379 e. The van der Waals surface area contributed by atoms with Crippen LogP contribution in [-0.2, 0) is 0 Å². The van der Waals surface area contributed by atoms with Crippen molar-refractivity contribution in [2.24, 2.45) is 11.7 Å². The Labute approximate surface area is 63.4 Å². The zero-order valence-electron chi connectivity index (χ0n) is 7.01. The Balaban J connectivity index is 3.39. The molecule has 0 saturated carbocycles. The molecule has 0 rings (SSSR count). The molecular formula is C8H19NO. The van der Waals surface area contributed by atoms with Crippen LogP contribution in [0.2, 0.25) is 0 Å². The van der Waals surface area contributed by atoms with E-state index in [2.05, 4.69) is 13.8 Å². The van der Waals surface area contributed by atoms with Gasteiger partial charge < -0.3 is 10.8 Å². The van der Waals surface area contributed by atoms with E-state index in [-0.39, 0.29) is 0 Å². The second-order valence-corrected chi connectivity index (χ2v) is 2.87. The predicted molar refractivity (Wildman–Crippen MR) is 43.5 cm³/mol. The Bertz CT molecular complexity index is 73.7. The molecular weight excluding hydrogens is 126 g/mol. The van der Waals surface area contributed by atoms with Crippen LogP contribution in [0, 0.1) is 5.92 Å². The van der Waals surface area contributed by atoms with Gasteiger partial charge in [-0.1, -0.05) is 33.1 Å². The predicted octanol–water partition coefficient (Wildman–Crippen LogP) is 1.48. The smallest absolute Gasteiger partial charge is 0.102 e. The van der Waals surface area contributed by atoms with Crippen molar-refractivity contribution in [3.63, 3.8) is 0 Å². The minimum absolute atomic E-state index is 0.614. The Morgan fingerprint density at radius 3 is 2.30 bits per heavy atom. The number of aliphatic hydroxyl groups is 1. The van der Waals surface area contributed by atoms with Crippen molar-refractivity contribution in [2.75, 3.05) is 0 Å².